The third-order valence-electron chi connectivity index (χ3n) is 3.48. The molecule has 0 amide bonds. The Labute approximate surface area is 116 Å². The lowest BCUT2D eigenvalue weighted by Gasteiger charge is -2.07. The number of nitrogens with zero attached hydrogens (tertiary/aromatic N) is 2. The largest absolute Gasteiger partial charge is 0.478 e. The van der Waals surface area contributed by atoms with Crippen molar-refractivity contribution in [1.82, 2.24) is 9.78 Å². The summed E-state index contributed by atoms with van der Waals surface area (Å²) in [5.74, 6) is -1.98. The smallest absolute Gasteiger partial charge is 0.338 e. The Kier molecular flexibility index (Phi) is 3.88. The van der Waals surface area contributed by atoms with Crippen LogP contribution >= 0.6 is 0 Å². The molecule has 0 aliphatic heterocycles. The molecule has 0 bridgehead atoms. The topological polar surface area (TPSA) is 55.1 Å². The van der Waals surface area contributed by atoms with Crippen LogP contribution in [0.5, 0.6) is 0 Å². The Hall–Kier alpha value is -2.17. The third-order valence-corrected chi connectivity index (χ3v) is 3.48. The van der Waals surface area contributed by atoms with E-state index in [2.05, 4.69) is 12.0 Å². The van der Waals surface area contributed by atoms with Crippen molar-refractivity contribution in [3.8, 4) is 0 Å². The first-order valence-corrected chi connectivity index (χ1v) is 6.48. The van der Waals surface area contributed by atoms with Gasteiger partial charge in [-0.05, 0) is 43.5 Å². The Morgan fingerprint density at radius 3 is 2.65 bits per heavy atom. The first kappa shape index (κ1) is 14.2. The van der Waals surface area contributed by atoms with Gasteiger partial charge < -0.3 is 5.11 Å². The summed E-state index contributed by atoms with van der Waals surface area (Å²) in [6.45, 7) is 6.45. The molecule has 5 heteroatoms. The molecular weight excluding hydrogens is 259 g/mol. The summed E-state index contributed by atoms with van der Waals surface area (Å²) in [6.07, 6.45) is 0.904. The monoisotopic (exact) mass is 276 g/mol. The van der Waals surface area contributed by atoms with E-state index in [9.17, 15) is 9.18 Å². The molecule has 0 saturated carbocycles. The maximum absolute atomic E-state index is 13.4. The Morgan fingerprint density at radius 1 is 1.40 bits per heavy atom. The number of aromatic carboxylic acids is 1. The molecule has 2 aromatic rings. The Balaban J connectivity index is 2.35. The highest BCUT2D eigenvalue weighted by Crippen LogP contribution is 2.17. The Bertz CT molecular complexity index is 662. The number of benzene rings is 1. The van der Waals surface area contributed by atoms with E-state index in [4.69, 9.17) is 5.11 Å². The van der Waals surface area contributed by atoms with Crippen molar-refractivity contribution in [1.29, 1.82) is 0 Å². The van der Waals surface area contributed by atoms with Crippen molar-refractivity contribution in [3.05, 3.63) is 52.1 Å². The second-order valence-corrected chi connectivity index (χ2v) is 4.78. The van der Waals surface area contributed by atoms with Gasteiger partial charge in [0.15, 0.2) is 0 Å². The van der Waals surface area contributed by atoms with Gasteiger partial charge >= 0.3 is 5.97 Å². The summed E-state index contributed by atoms with van der Waals surface area (Å²) in [5, 5.41) is 13.4. The average molecular weight is 276 g/mol. The summed E-state index contributed by atoms with van der Waals surface area (Å²) in [5.41, 5.74) is 3.65. The van der Waals surface area contributed by atoms with Crippen LogP contribution < -0.4 is 0 Å². The molecule has 0 unspecified atom stereocenters. The number of carbonyl (C=O) groups is 1. The average Bonchev–Trinajstić information content (AvgIpc) is 2.66. The van der Waals surface area contributed by atoms with Crippen molar-refractivity contribution < 1.29 is 14.3 Å². The van der Waals surface area contributed by atoms with Gasteiger partial charge in [0.05, 0.1) is 17.8 Å². The molecule has 0 aliphatic carbocycles. The van der Waals surface area contributed by atoms with E-state index in [0.717, 1.165) is 23.4 Å². The van der Waals surface area contributed by atoms with E-state index in [-0.39, 0.29) is 5.56 Å². The number of aromatic nitrogens is 2. The minimum atomic E-state index is -1.26. The van der Waals surface area contributed by atoms with Gasteiger partial charge in [-0.3, -0.25) is 4.68 Å². The minimum absolute atomic E-state index is 0.306. The predicted octanol–water partition coefficient (Wildman–Crippen LogP) is 2.95. The highest BCUT2D eigenvalue weighted by Gasteiger charge is 2.13. The van der Waals surface area contributed by atoms with Gasteiger partial charge in [-0.2, -0.15) is 5.10 Å². The molecule has 1 heterocycles. The fourth-order valence-corrected chi connectivity index (χ4v) is 2.41. The van der Waals surface area contributed by atoms with Crippen molar-refractivity contribution in [3.63, 3.8) is 0 Å². The molecule has 20 heavy (non-hydrogen) atoms. The minimum Gasteiger partial charge on any atom is -0.478 e. The van der Waals surface area contributed by atoms with Gasteiger partial charge in [-0.1, -0.05) is 13.0 Å². The molecule has 0 aliphatic rings. The maximum Gasteiger partial charge on any atom is 0.338 e. The first-order chi connectivity index (χ1) is 9.43. The number of hydrogen-bond acceptors (Lipinski definition) is 2. The quantitative estimate of drug-likeness (QED) is 0.934. The molecule has 1 aromatic carbocycles. The number of carboxylic acids is 1. The highest BCUT2D eigenvalue weighted by atomic mass is 19.1. The van der Waals surface area contributed by atoms with Crippen LogP contribution in [0.25, 0.3) is 0 Å². The highest BCUT2D eigenvalue weighted by molar-refractivity contribution is 5.88. The zero-order chi connectivity index (χ0) is 14.9. The fourth-order valence-electron chi connectivity index (χ4n) is 2.41. The van der Waals surface area contributed by atoms with E-state index in [1.807, 2.05) is 18.5 Å². The summed E-state index contributed by atoms with van der Waals surface area (Å²) >= 11 is 0. The summed E-state index contributed by atoms with van der Waals surface area (Å²) in [6, 6.07) is 4.13. The fraction of sp³-hybridized carbons (Fsp3) is 0.333. The van der Waals surface area contributed by atoms with Crippen LogP contribution in [0, 0.1) is 19.7 Å². The molecule has 106 valence electrons. The van der Waals surface area contributed by atoms with Crippen molar-refractivity contribution in [2.24, 2.45) is 0 Å². The van der Waals surface area contributed by atoms with Gasteiger partial charge in [0.1, 0.15) is 5.82 Å². The van der Waals surface area contributed by atoms with E-state index in [0.29, 0.717) is 6.54 Å². The molecule has 4 nitrogen and oxygen atoms in total. The van der Waals surface area contributed by atoms with Gasteiger partial charge in [0.2, 0.25) is 0 Å². The first-order valence-electron chi connectivity index (χ1n) is 6.48. The van der Waals surface area contributed by atoms with Crippen LogP contribution in [0.3, 0.4) is 0 Å². The number of aryl methyl sites for hydroxylation is 1. The zero-order valence-corrected chi connectivity index (χ0v) is 11.8. The van der Waals surface area contributed by atoms with Crippen LogP contribution in [0.1, 0.15) is 39.8 Å². The van der Waals surface area contributed by atoms with Gasteiger partial charge in [0, 0.05) is 5.69 Å². The summed E-state index contributed by atoms with van der Waals surface area (Å²) < 4.78 is 15.2. The van der Waals surface area contributed by atoms with Gasteiger partial charge in [-0.15, -0.1) is 0 Å². The van der Waals surface area contributed by atoms with Crippen LogP contribution in [-0.4, -0.2) is 20.9 Å². The molecule has 1 N–H and O–H groups in total. The van der Waals surface area contributed by atoms with Crippen molar-refractivity contribution >= 4 is 5.97 Å². The van der Waals surface area contributed by atoms with Gasteiger partial charge in [-0.25, -0.2) is 9.18 Å². The molecule has 2 rings (SSSR count). The lowest BCUT2D eigenvalue weighted by molar-refractivity contribution is 0.0691. The lowest BCUT2D eigenvalue weighted by Crippen LogP contribution is -2.07. The van der Waals surface area contributed by atoms with E-state index < -0.39 is 11.8 Å². The molecule has 0 spiro atoms. The standard InChI is InChI=1S/C15H17FN2O2/c1-4-12-9(2)17-18(10(12)3)8-11-5-6-14(16)13(7-11)15(19)20/h5-7H,4,8H2,1-3H3,(H,19,20). The van der Waals surface area contributed by atoms with E-state index >= 15 is 0 Å². The third kappa shape index (κ3) is 2.57. The van der Waals surface area contributed by atoms with Gasteiger partial charge in [0.25, 0.3) is 0 Å². The van der Waals surface area contributed by atoms with Crippen molar-refractivity contribution in [2.45, 2.75) is 33.7 Å². The predicted molar refractivity (Wildman–Crippen MR) is 73.5 cm³/mol. The molecular formula is C15H17FN2O2. The summed E-state index contributed by atoms with van der Waals surface area (Å²) in [7, 11) is 0. The van der Waals surface area contributed by atoms with E-state index in [1.165, 1.54) is 17.7 Å². The number of rotatable bonds is 4. The maximum atomic E-state index is 13.4. The summed E-state index contributed by atoms with van der Waals surface area (Å²) in [4.78, 5) is 10.9. The Morgan fingerprint density at radius 2 is 2.10 bits per heavy atom. The number of carboxylic acid groups (broad SMARTS) is 1. The normalized spacial score (nSPS) is 10.8. The number of halogens is 1. The molecule has 0 saturated heterocycles. The molecule has 0 fully saturated rings. The van der Waals surface area contributed by atoms with Crippen LogP contribution in [0.4, 0.5) is 4.39 Å². The zero-order valence-electron chi connectivity index (χ0n) is 11.8. The molecule has 0 atom stereocenters. The van der Waals surface area contributed by atoms with Crippen LogP contribution in [0.2, 0.25) is 0 Å². The van der Waals surface area contributed by atoms with E-state index in [1.54, 1.807) is 6.07 Å². The molecule has 1 aromatic heterocycles. The molecule has 0 radical (unpaired) electrons. The number of hydrogen-bond donors (Lipinski definition) is 1. The van der Waals surface area contributed by atoms with Crippen LogP contribution in [0.15, 0.2) is 18.2 Å². The second kappa shape index (κ2) is 5.45. The van der Waals surface area contributed by atoms with Crippen molar-refractivity contribution in [2.75, 3.05) is 0 Å². The SMILES string of the molecule is CCc1c(C)nn(Cc2ccc(F)c(C(=O)O)c2)c1C. The van der Waals surface area contributed by atoms with Crippen LogP contribution in [-0.2, 0) is 13.0 Å². The second-order valence-electron chi connectivity index (χ2n) is 4.78. The lowest BCUT2D eigenvalue weighted by atomic mass is 10.1.